The molecule has 1 aromatic heterocycles. The largest absolute Gasteiger partial charge is 0.314 e. The van der Waals surface area contributed by atoms with Crippen LogP contribution in [-0.4, -0.2) is 12.6 Å². The fourth-order valence-electron chi connectivity index (χ4n) is 3.04. The van der Waals surface area contributed by atoms with E-state index in [-0.39, 0.29) is 0 Å². The Labute approximate surface area is 116 Å². The molecule has 1 fully saturated rings. The zero-order valence-electron chi connectivity index (χ0n) is 12.0. The lowest BCUT2D eigenvalue weighted by atomic mass is 9.86. The van der Waals surface area contributed by atoms with Crippen LogP contribution in [0, 0.1) is 12.8 Å². The van der Waals surface area contributed by atoms with Crippen LogP contribution in [0.2, 0.25) is 0 Å². The van der Waals surface area contributed by atoms with Crippen molar-refractivity contribution in [1.82, 2.24) is 5.32 Å². The molecule has 102 valence electrons. The van der Waals surface area contributed by atoms with Gasteiger partial charge < -0.3 is 5.32 Å². The number of rotatable bonds is 4. The van der Waals surface area contributed by atoms with Crippen LogP contribution in [0.1, 0.15) is 61.6 Å². The van der Waals surface area contributed by atoms with Gasteiger partial charge in [-0.1, -0.05) is 33.1 Å². The van der Waals surface area contributed by atoms with Crippen molar-refractivity contribution < 1.29 is 0 Å². The van der Waals surface area contributed by atoms with Gasteiger partial charge in [-0.3, -0.25) is 0 Å². The van der Waals surface area contributed by atoms with Crippen LogP contribution < -0.4 is 5.32 Å². The summed E-state index contributed by atoms with van der Waals surface area (Å²) in [5.74, 6) is 1.64. The lowest BCUT2D eigenvalue weighted by Gasteiger charge is -2.25. The van der Waals surface area contributed by atoms with E-state index in [0.29, 0.717) is 6.04 Å². The molecule has 1 aliphatic rings. The van der Waals surface area contributed by atoms with Crippen molar-refractivity contribution in [3.63, 3.8) is 0 Å². The Morgan fingerprint density at radius 1 is 1.22 bits per heavy atom. The summed E-state index contributed by atoms with van der Waals surface area (Å²) in [6, 6.07) is 5.27. The van der Waals surface area contributed by atoms with Gasteiger partial charge in [0.2, 0.25) is 0 Å². The van der Waals surface area contributed by atoms with Crippen LogP contribution in [0.3, 0.4) is 0 Å². The summed E-state index contributed by atoms with van der Waals surface area (Å²) >= 11 is 2.01. The summed E-state index contributed by atoms with van der Waals surface area (Å²) in [6.45, 7) is 7.92. The van der Waals surface area contributed by atoms with Gasteiger partial charge in [-0.05, 0) is 50.3 Å². The highest BCUT2D eigenvalue weighted by atomic mass is 32.1. The van der Waals surface area contributed by atoms with Gasteiger partial charge in [-0.15, -0.1) is 11.3 Å². The van der Waals surface area contributed by atoms with Gasteiger partial charge in [-0.25, -0.2) is 0 Å². The van der Waals surface area contributed by atoms with E-state index in [2.05, 4.69) is 38.2 Å². The van der Waals surface area contributed by atoms with E-state index in [0.717, 1.165) is 11.8 Å². The van der Waals surface area contributed by atoms with Crippen molar-refractivity contribution in [2.75, 3.05) is 6.54 Å². The number of hydrogen-bond acceptors (Lipinski definition) is 2. The molecule has 1 saturated carbocycles. The monoisotopic (exact) mass is 265 g/mol. The maximum Gasteiger partial charge on any atom is 0.00822 e. The van der Waals surface area contributed by atoms with E-state index in [9.17, 15) is 0 Å². The summed E-state index contributed by atoms with van der Waals surface area (Å²) in [5, 5.41) is 3.65. The number of nitrogens with one attached hydrogen (secondary N) is 1. The second-order valence-electron chi connectivity index (χ2n) is 6.02. The van der Waals surface area contributed by atoms with Gasteiger partial charge in [0.25, 0.3) is 0 Å². The first kappa shape index (κ1) is 14.1. The van der Waals surface area contributed by atoms with E-state index in [1.807, 2.05) is 11.3 Å². The molecule has 2 heteroatoms. The maximum atomic E-state index is 3.65. The highest BCUT2D eigenvalue weighted by Crippen LogP contribution is 2.39. The molecule has 1 aliphatic carbocycles. The second-order valence-corrected chi connectivity index (χ2v) is 7.34. The molecule has 2 unspecified atom stereocenters. The third-order valence-corrected chi connectivity index (χ3v) is 5.21. The van der Waals surface area contributed by atoms with Crippen LogP contribution in [-0.2, 0) is 0 Å². The molecule has 2 atom stereocenters. The van der Waals surface area contributed by atoms with Crippen molar-refractivity contribution in [3.05, 3.63) is 21.9 Å². The predicted octanol–water partition coefficient (Wildman–Crippen LogP) is 4.72. The Morgan fingerprint density at radius 2 is 2.00 bits per heavy atom. The fourth-order valence-corrected chi connectivity index (χ4v) is 4.15. The Hall–Kier alpha value is -0.340. The average molecular weight is 265 g/mol. The van der Waals surface area contributed by atoms with Crippen LogP contribution in [0.15, 0.2) is 12.1 Å². The Balaban J connectivity index is 2.06. The van der Waals surface area contributed by atoms with Gasteiger partial charge >= 0.3 is 0 Å². The van der Waals surface area contributed by atoms with Crippen molar-refractivity contribution >= 4 is 11.3 Å². The first-order valence-electron chi connectivity index (χ1n) is 7.46. The van der Waals surface area contributed by atoms with E-state index < -0.39 is 0 Å². The molecule has 18 heavy (non-hydrogen) atoms. The van der Waals surface area contributed by atoms with Crippen LogP contribution in [0.5, 0.6) is 0 Å². The molecule has 0 radical (unpaired) electrons. The quantitative estimate of drug-likeness (QED) is 0.777. The molecule has 2 rings (SSSR count). The highest BCUT2D eigenvalue weighted by molar-refractivity contribution is 7.12. The van der Waals surface area contributed by atoms with Crippen molar-refractivity contribution in [1.29, 1.82) is 0 Å². The van der Waals surface area contributed by atoms with Crippen LogP contribution >= 0.6 is 11.3 Å². The molecule has 1 N–H and O–H groups in total. The Morgan fingerprint density at radius 3 is 2.67 bits per heavy atom. The van der Waals surface area contributed by atoms with E-state index in [1.54, 1.807) is 4.88 Å². The number of thiophene rings is 1. The summed E-state index contributed by atoms with van der Waals surface area (Å²) in [7, 11) is 0. The zero-order chi connectivity index (χ0) is 13.0. The Bertz CT molecular complexity index is 356. The lowest BCUT2D eigenvalue weighted by Crippen LogP contribution is -2.31. The summed E-state index contributed by atoms with van der Waals surface area (Å²) < 4.78 is 0. The molecular weight excluding hydrogens is 238 g/mol. The fraction of sp³-hybridized carbons (Fsp3) is 0.750. The second kappa shape index (κ2) is 6.72. The summed E-state index contributed by atoms with van der Waals surface area (Å²) in [5.41, 5.74) is 0. The molecule has 0 saturated heterocycles. The van der Waals surface area contributed by atoms with Crippen molar-refractivity contribution in [2.24, 2.45) is 5.92 Å². The first-order valence-corrected chi connectivity index (χ1v) is 8.28. The van der Waals surface area contributed by atoms with Gasteiger partial charge in [-0.2, -0.15) is 0 Å². The third-order valence-electron chi connectivity index (χ3n) is 4.07. The molecule has 1 aromatic rings. The highest BCUT2D eigenvalue weighted by Gasteiger charge is 2.26. The van der Waals surface area contributed by atoms with Crippen LogP contribution in [0.4, 0.5) is 0 Å². The molecule has 0 aromatic carbocycles. The minimum Gasteiger partial charge on any atom is -0.314 e. The first-order chi connectivity index (χ1) is 8.66. The number of hydrogen-bond donors (Lipinski definition) is 1. The zero-order valence-corrected chi connectivity index (χ0v) is 12.9. The smallest absolute Gasteiger partial charge is 0.00822 e. The van der Waals surface area contributed by atoms with Gasteiger partial charge in [0.1, 0.15) is 0 Å². The normalized spacial score (nSPS) is 25.3. The van der Waals surface area contributed by atoms with E-state index in [4.69, 9.17) is 0 Å². The van der Waals surface area contributed by atoms with E-state index >= 15 is 0 Å². The molecule has 0 bridgehead atoms. The molecular formula is C16H27NS. The van der Waals surface area contributed by atoms with E-state index in [1.165, 1.54) is 43.5 Å². The lowest BCUT2D eigenvalue weighted by molar-refractivity contribution is 0.366. The molecule has 1 heterocycles. The van der Waals surface area contributed by atoms with Gasteiger partial charge in [0.05, 0.1) is 0 Å². The van der Waals surface area contributed by atoms with Crippen molar-refractivity contribution in [3.8, 4) is 0 Å². The molecule has 0 aliphatic heterocycles. The standard InChI is InChI=1S/C16H27NS/c1-12(2)17-11-14-7-5-4-6-8-15(14)16-10-9-13(3)18-16/h9-10,12,14-15,17H,4-8,11H2,1-3H3. The summed E-state index contributed by atoms with van der Waals surface area (Å²) in [4.78, 5) is 3.09. The Kier molecular flexibility index (Phi) is 5.25. The topological polar surface area (TPSA) is 12.0 Å². The SMILES string of the molecule is Cc1ccc(C2CCCCCC2CNC(C)C)s1. The average Bonchev–Trinajstić information content (AvgIpc) is 2.63. The minimum absolute atomic E-state index is 0.610. The third kappa shape index (κ3) is 3.83. The summed E-state index contributed by atoms with van der Waals surface area (Å²) in [6.07, 6.45) is 7.07. The van der Waals surface area contributed by atoms with Crippen LogP contribution in [0.25, 0.3) is 0 Å². The maximum absolute atomic E-state index is 3.65. The predicted molar refractivity (Wildman–Crippen MR) is 81.5 cm³/mol. The van der Waals surface area contributed by atoms with Crippen molar-refractivity contribution in [2.45, 2.75) is 64.8 Å². The minimum atomic E-state index is 0.610. The molecule has 1 nitrogen and oxygen atoms in total. The number of aryl methyl sites for hydroxylation is 1. The van der Waals surface area contributed by atoms with Gasteiger partial charge in [0, 0.05) is 15.8 Å². The molecule has 0 spiro atoms. The van der Waals surface area contributed by atoms with Gasteiger partial charge in [0.15, 0.2) is 0 Å². The molecule has 0 amide bonds.